The Morgan fingerprint density at radius 2 is 2.25 bits per heavy atom. The van der Waals surface area contributed by atoms with Crippen molar-refractivity contribution >= 4 is 17.3 Å². The Balaban J connectivity index is 2.25. The summed E-state index contributed by atoms with van der Waals surface area (Å²) in [6.07, 6.45) is 0.728. The average Bonchev–Trinajstić information content (AvgIpc) is 2.24. The van der Waals surface area contributed by atoms with Gasteiger partial charge in [-0.25, -0.2) is 0 Å². The first-order valence-electron chi connectivity index (χ1n) is 5.25. The second-order valence-corrected chi connectivity index (χ2v) is 4.59. The highest BCUT2D eigenvalue weighted by Crippen LogP contribution is 2.34. The predicted molar refractivity (Wildman–Crippen MR) is 63.6 cm³/mol. The zero-order valence-corrected chi connectivity index (χ0v) is 9.83. The maximum atomic E-state index is 9.93. The first kappa shape index (κ1) is 11.3. The fourth-order valence-corrected chi connectivity index (χ4v) is 2.16. The summed E-state index contributed by atoms with van der Waals surface area (Å²) in [5.41, 5.74) is 0.699. The van der Waals surface area contributed by atoms with E-state index in [-0.39, 0.29) is 0 Å². The molecule has 0 unspecified atom stereocenters. The highest BCUT2D eigenvalue weighted by molar-refractivity contribution is 6.32. The molecule has 84 valence electrons. The van der Waals surface area contributed by atoms with Gasteiger partial charge in [-0.2, -0.15) is 5.26 Å². The third kappa shape index (κ3) is 1.75. The van der Waals surface area contributed by atoms with Crippen molar-refractivity contribution in [1.82, 2.24) is 0 Å². The molecule has 1 aliphatic rings. The van der Waals surface area contributed by atoms with Crippen LogP contribution in [0.3, 0.4) is 0 Å². The van der Waals surface area contributed by atoms with Crippen LogP contribution in [0.4, 0.5) is 5.69 Å². The van der Waals surface area contributed by atoms with Crippen LogP contribution < -0.4 is 4.90 Å². The quantitative estimate of drug-likeness (QED) is 0.856. The molecule has 4 heteroatoms. The molecule has 1 aromatic carbocycles. The molecule has 0 spiro atoms. The molecule has 1 aromatic rings. The third-order valence-electron chi connectivity index (χ3n) is 3.07. The van der Waals surface area contributed by atoms with E-state index in [1.54, 1.807) is 6.07 Å². The molecular weight excluding hydrogens is 224 g/mol. The van der Waals surface area contributed by atoms with Crippen molar-refractivity contribution in [2.24, 2.45) is 0 Å². The summed E-state index contributed by atoms with van der Waals surface area (Å²) in [5, 5.41) is 19.4. The molecule has 1 saturated heterocycles. The minimum atomic E-state index is -0.602. The molecule has 0 aromatic heterocycles. The zero-order valence-electron chi connectivity index (χ0n) is 9.07. The smallest absolute Gasteiger partial charge is 0.103 e. The van der Waals surface area contributed by atoms with E-state index in [2.05, 4.69) is 6.07 Å². The topological polar surface area (TPSA) is 47.3 Å². The monoisotopic (exact) mass is 236 g/mol. The molecule has 2 rings (SSSR count). The second-order valence-electron chi connectivity index (χ2n) is 4.18. The van der Waals surface area contributed by atoms with Crippen LogP contribution in [0.2, 0.25) is 5.02 Å². The maximum Gasteiger partial charge on any atom is 0.103 e. The van der Waals surface area contributed by atoms with Gasteiger partial charge in [-0.05, 0) is 18.6 Å². The van der Waals surface area contributed by atoms with E-state index in [0.717, 1.165) is 12.1 Å². The summed E-state index contributed by atoms with van der Waals surface area (Å²) in [6.45, 7) is 3.09. The Bertz CT molecular complexity index is 447. The molecule has 1 N–H and O–H groups in total. The average molecular weight is 237 g/mol. The van der Waals surface area contributed by atoms with Crippen LogP contribution in [0.5, 0.6) is 0 Å². The van der Waals surface area contributed by atoms with Gasteiger partial charge in [-0.3, -0.25) is 0 Å². The van der Waals surface area contributed by atoms with Gasteiger partial charge in [-0.15, -0.1) is 0 Å². The Labute approximate surface area is 99.9 Å². The lowest BCUT2D eigenvalue weighted by atomic mass is 9.90. The fourth-order valence-electron chi connectivity index (χ4n) is 1.95. The summed E-state index contributed by atoms with van der Waals surface area (Å²) < 4.78 is 0. The lowest BCUT2D eigenvalue weighted by Crippen LogP contribution is -2.61. The first-order chi connectivity index (χ1) is 7.59. The first-order valence-corrected chi connectivity index (χ1v) is 5.63. The normalized spacial score (nSPS) is 17.8. The fraction of sp³-hybridized carbons (Fsp3) is 0.417. The van der Waals surface area contributed by atoms with Crippen molar-refractivity contribution in [3.05, 3.63) is 28.8 Å². The van der Waals surface area contributed by atoms with Gasteiger partial charge in [0.15, 0.2) is 0 Å². The standard InChI is InChI=1S/C12H13ClN2O/c1-2-12(16)7-15(8-12)11-5-3-4-10(13)9(11)6-14/h3-5,16H,2,7-8H2,1H3. The summed E-state index contributed by atoms with van der Waals surface area (Å²) in [4.78, 5) is 1.98. The number of halogens is 1. The Morgan fingerprint density at radius 3 is 2.81 bits per heavy atom. The second kappa shape index (κ2) is 3.97. The number of hydrogen-bond donors (Lipinski definition) is 1. The number of nitrogens with zero attached hydrogens (tertiary/aromatic N) is 2. The van der Waals surface area contributed by atoms with Crippen LogP contribution in [0, 0.1) is 11.3 Å². The molecule has 16 heavy (non-hydrogen) atoms. The maximum absolute atomic E-state index is 9.93. The van der Waals surface area contributed by atoms with E-state index in [1.807, 2.05) is 24.0 Å². The van der Waals surface area contributed by atoms with Gasteiger partial charge < -0.3 is 10.0 Å². The predicted octanol–water partition coefficient (Wildman–Crippen LogP) is 2.17. The number of nitriles is 1. The minimum absolute atomic E-state index is 0.465. The third-order valence-corrected chi connectivity index (χ3v) is 3.39. The van der Waals surface area contributed by atoms with Crippen LogP contribution in [-0.2, 0) is 0 Å². The summed E-state index contributed by atoms with van der Waals surface area (Å²) in [5.74, 6) is 0. The van der Waals surface area contributed by atoms with E-state index in [1.165, 1.54) is 0 Å². The summed E-state index contributed by atoms with van der Waals surface area (Å²) >= 11 is 5.95. The molecule has 0 amide bonds. The molecule has 0 radical (unpaired) electrons. The van der Waals surface area contributed by atoms with Gasteiger partial charge in [0, 0.05) is 13.1 Å². The van der Waals surface area contributed by atoms with E-state index >= 15 is 0 Å². The van der Waals surface area contributed by atoms with Crippen molar-refractivity contribution in [3.8, 4) is 6.07 Å². The molecule has 0 saturated carbocycles. The van der Waals surface area contributed by atoms with E-state index < -0.39 is 5.60 Å². The Kier molecular flexibility index (Phi) is 2.79. The van der Waals surface area contributed by atoms with Crippen LogP contribution in [-0.4, -0.2) is 23.8 Å². The molecule has 1 fully saturated rings. The number of rotatable bonds is 2. The van der Waals surface area contributed by atoms with Crippen molar-refractivity contribution in [2.45, 2.75) is 18.9 Å². The number of anilines is 1. The van der Waals surface area contributed by atoms with Crippen LogP contribution in [0.1, 0.15) is 18.9 Å². The number of benzene rings is 1. The highest BCUT2D eigenvalue weighted by atomic mass is 35.5. The van der Waals surface area contributed by atoms with Crippen LogP contribution >= 0.6 is 11.6 Å². The Morgan fingerprint density at radius 1 is 1.56 bits per heavy atom. The number of aliphatic hydroxyl groups is 1. The van der Waals surface area contributed by atoms with Gasteiger partial charge in [0.1, 0.15) is 6.07 Å². The zero-order chi connectivity index (χ0) is 11.8. The van der Waals surface area contributed by atoms with Crippen molar-refractivity contribution in [3.63, 3.8) is 0 Å². The van der Waals surface area contributed by atoms with E-state index in [0.29, 0.717) is 23.7 Å². The molecule has 3 nitrogen and oxygen atoms in total. The van der Waals surface area contributed by atoms with Gasteiger partial charge >= 0.3 is 0 Å². The molecule has 0 aliphatic carbocycles. The molecule has 1 heterocycles. The molecule has 0 bridgehead atoms. The van der Waals surface area contributed by atoms with E-state index in [4.69, 9.17) is 16.9 Å². The van der Waals surface area contributed by atoms with Gasteiger partial charge in [-0.1, -0.05) is 24.6 Å². The lowest BCUT2D eigenvalue weighted by Gasteiger charge is -2.47. The highest BCUT2D eigenvalue weighted by Gasteiger charge is 2.40. The van der Waals surface area contributed by atoms with Crippen LogP contribution in [0.15, 0.2) is 18.2 Å². The number of hydrogen-bond acceptors (Lipinski definition) is 3. The van der Waals surface area contributed by atoms with E-state index in [9.17, 15) is 5.11 Å². The SMILES string of the molecule is CCC1(O)CN(c2cccc(Cl)c2C#N)C1. The minimum Gasteiger partial charge on any atom is -0.386 e. The molecule has 1 aliphatic heterocycles. The summed E-state index contributed by atoms with van der Waals surface area (Å²) in [7, 11) is 0. The summed E-state index contributed by atoms with van der Waals surface area (Å²) in [6, 6.07) is 7.49. The van der Waals surface area contributed by atoms with Gasteiger partial charge in [0.2, 0.25) is 0 Å². The molecule has 0 atom stereocenters. The van der Waals surface area contributed by atoms with Crippen molar-refractivity contribution in [2.75, 3.05) is 18.0 Å². The molecular formula is C12H13ClN2O. The number of β-amino-alcohol motifs (C(OH)–C–C–N with tert-alkyl or cyclic N) is 1. The van der Waals surface area contributed by atoms with Crippen molar-refractivity contribution in [1.29, 1.82) is 5.26 Å². The van der Waals surface area contributed by atoms with Crippen LogP contribution in [0.25, 0.3) is 0 Å². The van der Waals surface area contributed by atoms with Gasteiger partial charge in [0.25, 0.3) is 0 Å². The van der Waals surface area contributed by atoms with Gasteiger partial charge in [0.05, 0.1) is 21.9 Å². The lowest BCUT2D eigenvalue weighted by molar-refractivity contribution is 0.00851. The largest absolute Gasteiger partial charge is 0.386 e. The Hall–Kier alpha value is -1.24. The van der Waals surface area contributed by atoms with Crippen molar-refractivity contribution < 1.29 is 5.11 Å².